The summed E-state index contributed by atoms with van der Waals surface area (Å²) < 4.78 is 10.2. The van der Waals surface area contributed by atoms with E-state index in [0.717, 1.165) is 38.4 Å². The van der Waals surface area contributed by atoms with Crippen LogP contribution in [0.2, 0.25) is 0 Å². The highest BCUT2D eigenvalue weighted by Crippen LogP contribution is 2.09. The van der Waals surface area contributed by atoms with Crippen LogP contribution in [0, 0.1) is 0 Å². The fourth-order valence-corrected chi connectivity index (χ4v) is 2.26. The van der Waals surface area contributed by atoms with Crippen LogP contribution in [0.5, 0.6) is 0 Å². The molecular weight excluding hydrogens is 396 g/mol. The summed E-state index contributed by atoms with van der Waals surface area (Å²) in [6.45, 7) is 20.1. The number of unbranched alkanes of at least 4 members (excludes halogenated alkanes) is 2. The third-order valence-electron chi connectivity index (χ3n) is 3.60. The molecule has 0 saturated heterocycles. The van der Waals surface area contributed by atoms with Crippen LogP contribution in [0.1, 0.15) is 87.0 Å². The normalized spacial score (nSPS) is 12.9. The molecule has 0 aromatic rings. The van der Waals surface area contributed by atoms with Gasteiger partial charge < -0.3 is 24.9 Å². The summed E-state index contributed by atoms with van der Waals surface area (Å²) in [5.74, 6) is 0. The fraction of sp³-hybridized carbons (Fsp3) is 0.708. The van der Waals surface area contributed by atoms with E-state index in [4.69, 9.17) is 9.47 Å². The molecule has 0 radical (unpaired) electrons. The highest BCUT2D eigenvalue weighted by Gasteiger charge is 2.19. The molecule has 0 aliphatic heterocycles. The smallest absolute Gasteiger partial charge is 0.408 e. The van der Waals surface area contributed by atoms with Crippen molar-refractivity contribution in [3.05, 3.63) is 25.3 Å². The number of allylic oxidation sites excluding steroid dienone is 2. The number of amides is 2. The molecule has 0 aliphatic carbocycles. The van der Waals surface area contributed by atoms with E-state index in [1.165, 1.54) is 0 Å². The Morgan fingerprint density at radius 1 is 0.839 bits per heavy atom. The van der Waals surface area contributed by atoms with Gasteiger partial charge in [0.1, 0.15) is 17.5 Å². The summed E-state index contributed by atoms with van der Waals surface area (Å²) in [6.07, 6.45) is 8.75. The maximum Gasteiger partial charge on any atom is 0.408 e. The van der Waals surface area contributed by atoms with Crippen molar-refractivity contribution in [2.45, 2.75) is 110 Å². The van der Waals surface area contributed by atoms with Crippen molar-refractivity contribution >= 4 is 18.5 Å². The largest absolute Gasteiger partial charge is 0.444 e. The van der Waals surface area contributed by atoms with Gasteiger partial charge in [0.05, 0.1) is 6.04 Å². The number of aldehydes is 1. The second-order valence-corrected chi connectivity index (χ2v) is 9.38. The van der Waals surface area contributed by atoms with E-state index in [1.54, 1.807) is 26.8 Å². The average molecular weight is 441 g/mol. The van der Waals surface area contributed by atoms with Crippen LogP contribution in [0.3, 0.4) is 0 Å². The Morgan fingerprint density at radius 2 is 1.26 bits per heavy atom. The second-order valence-electron chi connectivity index (χ2n) is 9.38. The monoisotopic (exact) mass is 440 g/mol. The Morgan fingerprint density at radius 3 is 1.65 bits per heavy atom. The Kier molecular flexibility index (Phi) is 16.3. The lowest BCUT2D eigenvalue weighted by Crippen LogP contribution is -2.39. The fourth-order valence-electron chi connectivity index (χ4n) is 2.26. The lowest BCUT2D eigenvalue weighted by molar-refractivity contribution is -0.109. The molecular formula is C24H44N2O5. The van der Waals surface area contributed by atoms with E-state index in [9.17, 15) is 14.4 Å². The molecule has 0 fully saturated rings. The maximum atomic E-state index is 11.3. The first-order valence-electron chi connectivity index (χ1n) is 10.9. The number of alkyl carbamates (subject to hydrolysis) is 2. The SMILES string of the molecule is C=CCCC[C@@H](C)NC(=O)OC(C)(C)C.C=CCCC[C@@H](C=O)NC(=O)OC(C)(C)C. The summed E-state index contributed by atoms with van der Waals surface area (Å²) in [6, 6.07) is -0.324. The van der Waals surface area contributed by atoms with Crippen LogP contribution in [0.25, 0.3) is 0 Å². The van der Waals surface area contributed by atoms with Crippen LogP contribution >= 0.6 is 0 Å². The second kappa shape index (κ2) is 16.4. The molecule has 0 aromatic carbocycles. The van der Waals surface area contributed by atoms with Crippen molar-refractivity contribution in [2.24, 2.45) is 0 Å². The van der Waals surface area contributed by atoms with Gasteiger partial charge in [-0.2, -0.15) is 0 Å². The molecule has 0 heterocycles. The van der Waals surface area contributed by atoms with Gasteiger partial charge in [0.25, 0.3) is 0 Å². The topological polar surface area (TPSA) is 93.7 Å². The van der Waals surface area contributed by atoms with Gasteiger partial charge in [-0.05, 0) is 87.0 Å². The van der Waals surface area contributed by atoms with E-state index >= 15 is 0 Å². The average Bonchev–Trinajstić information content (AvgIpc) is 2.58. The lowest BCUT2D eigenvalue weighted by atomic mass is 10.1. The first kappa shape index (κ1) is 30.9. The summed E-state index contributed by atoms with van der Waals surface area (Å²) in [4.78, 5) is 33.4. The number of hydrogen-bond acceptors (Lipinski definition) is 5. The van der Waals surface area contributed by atoms with Crippen LogP contribution in [-0.4, -0.2) is 41.8 Å². The minimum Gasteiger partial charge on any atom is -0.444 e. The Hall–Kier alpha value is -2.31. The zero-order chi connectivity index (χ0) is 24.5. The molecule has 180 valence electrons. The van der Waals surface area contributed by atoms with Crippen molar-refractivity contribution in [3.8, 4) is 0 Å². The van der Waals surface area contributed by atoms with Gasteiger partial charge in [0.2, 0.25) is 0 Å². The number of ether oxygens (including phenoxy) is 2. The van der Waals surface area contributed by atoms with Crippen molar-refractivity contribution in [3.63, 3.8) is 0 Å². The third kappa shape index (κ3) is 23.8. The van der Waals surface area contributed by atoms with Gasteiger partial charge in [-0.1, -0.05) is 12.2 Å². The standard InChI is InChI=1S/C12H21NO3.C12H23NO2/c1-5-6-7-8-10(9-14)13-11(15)16-12(2,3)4;1-6-7-8-9-10(2)13-11(14)15-12(3,4)5/h5,9-10H,1,6-8H2,2-4H3,(H,13,15);6,10H,1,7-9H2,2-5H3,(H,13,14)/t2*10-/m01/s1. The van der Waals surface area contributed by atoms with E-state index in [0.29, 0.717) is 6.42 Å². The summed E-state index contributed by atoms with van der Waals surface area (Å²) in [5.41, 5.74) is -0.969. The predicted molar refractivity (Wildman–Crippen MR) is 126 cm³/mol. The van der Waals surface area contributed by atoms with Crippen molar-refractivity contribution < 1.29 is 23.9 Å². The summed E-state index contributed by atoms with van der Waals surface area (Å²) in [5, 5.41) is 5.32. The Balaban J connectivity index is 0. The predicted octanol–water partition coefficient (Wildman–Crippen LogP) is 5.69. The minimum absolute atomic E-state index is 0.153. The molecule has 0 bridgehead atoms. The third-order valence-corrected chi connectivity index (χ3v) is 3.60. The molecule has 0 spiro atoms. The molecule has 7 heteroatoms. The van der Waals surface area contributed by atoms with Gasteiger partial charge in [-0.15, -0.1) is 13.2 Å². The van der Waals surface area contributed by atoms with E-state index in [2.05, 4.69) is 23.8 Å². The van der Waals surface area contributed by atoms with Gasteiger partial charge in [0.15, 0.2) is 0 Å². The highest BCUT2D eigenvalue weighted by molar-refractivity contribution is 5.73. The molecule has 2 atom stereocenters. The number of nitrogens with one attached hydrogen (secondary N) is 2. The molecule has 31 heavy (non-hydrogen) atoms. The molecule has 0 unspecified atom stereocenters. The first-order valence-corrected chi connectivity index (χ1v) is 10.9. The van der Waals surface area contributed by atoms with Crippen molar-refractivity contribution in [1.82, 2.24) is 10.6 Å². The van der Waals surface area contributed by atoms with E-state index < -0.39 is 23.3 Å². The molecule has 2 N–H and O–H groups in total. The zero-order valence-corrected chi connectivity index (χ0v) is 20.6. The molecule has 0 aromatic heterocycles. The Bertz CT molecular complexity index is 547. The van der Waals surface area contributed by atoms with E-state index in [-0.39, 0.29) is 12.1 Å². The van der Waals surface area contributed by atoms with Gasteiger partial charge in [0, 0.05) is 6.04 Å². The van der Waals surface area contributed by atoms with Crippen LogP contribution < -0.4 is 10.6 Å². The summed E-state index contributed by atoms with van der Waals surface area (Å²) in [7, 11) is 0. The lowest BCUT2D eigenvalue weighted by Gasteiger charge is -2.21. The Labute approximate surface area is 189 Å². The van der Waals surface area contributed by atoms with Crippen LogP contribution in [0.4, 0.5) is 9.59 Å². The van der Waals surface area contributed by atoms with Gasteiger partial charge in [-0.3, -0.25) is 0 Å². The van der Waals surface area contributed by atoms with E-state index in [1.807, 2.05) is 33.8 Å². The highest BCUT2D eigenvalue weighted by atomic mass is 16.6. The number of carbonyl (C=O) groups excluding carboxylic acids is 3. The number of carbonyl (C=O) groups is 3. The van der Waals surface area contributed by atoms with Crippen molar-refractivity contribution in [2.75, 3.05) is 0 Å². The van der Waals surface area contributed by atoms with Crippen LogP contribution in [0.15, 0.2) is 25.3 Å². The minimum atomic E-state index is -0.553. The van der Waals surface area contributed by atoms with Crippen molar-refractivity contribution in [1.29, 1.82) is 0 Å². The van der Waals surface area contributed by atoms with Crippen LogP contribution in [-0.2, 0) is 14.3 Å². The quantitative estimate of drug-likeness (QED) is 0.244. The number of hydrogen-bond donors (Lipinski definition) is 2. The first-order chi connectivity index (χ1) is 14.2. The van der Waals surface area contributed by atoms with Gasteiger partial charge in [-0.25, -0.2) is 9.59 Å². The maximum absolute atomic E-state index is 11.3. The molecule has 7 nitrogen and oxygen atoms in total. The summed E-state index contributed by atoms with van der Waals surface area (Å²) >= 11 is 0. The molecule has 2 amide bonds. The zero-order valence-electron chi connectivity index (χ0n) is 20.6. The number of rotatable bonds is 11. The molecule has 0 aliphatic rings. The molecule has 0 rings (SSSR count). The molecule has 0 saturated carbocycles. The van der Waals surface area contributed by atoms with Gasteiger partial charge >= 0.3 is 12.2 Å².